The molecule has 0 spiro atoms. The van der Waals surface area contributed by atoms with E-state index in [1.807, 2.05) is 0 Å². The van der Waals surface area contributed by atoms with E-state index >= 15 is 0 Å². The molecule has 6 nitrogen and oxygen atoms in total. The predicted molar refractivity (Wildman–Crippen MR) is 307 cm³/mol. The van der Waals surface area contributed by atoms with Crippen molar-refractivity contribution in [2.45, 2.75) is 284 Å². The number of carbonyl (C=O) groups excluding carboxylic acids is 3. The van der Waals surface area contributed by atoms with Gasteiger partial charge in [0, 0.05) is 19.3 Å². The molecule has 0 N–H and O–H groups in total. The Morgan fingerprint density at radius 3 is 0.859 bits per heavy atom. The highest BCUT2D eigenvalue weighted by atomic mass is 16.6. The molecule has 406 valence electrons. The highest BCUT2D eigenvalue weighted by Crippen LogP contribution is 2.16. The van der Waals surface area contributed by atoms with Crippen molar-refractivity contribution in [1.82, 2.24) is 0 Å². The van der Waals surface area contributed by atoms with Crippen molar-refractivity contribution in [1.29, 1.82) is 0 Å². The second-order valence-electron chi connectivity index (χ2n) is 19.5. The Balaban J connectivity index is 4.04. The fourth-order valence-corrected chi connectivity index (χ4v) is 8.19. The van der Waals surface area contributed by atoms with Crippen LogP contribution in [0.25, 0.3) is 0 Å². The Bertz CT molecular complexity index is 1410. The molecule has 0 saturated carbocycles. The van der Waals surface area contributed by atoms with Crippen LogP contribution in [-0.4, -0.2) is 37.2 Å². The van der Waals surface area contributed by atoms with Crippen molar-refractivity contribution >= 4 is 17.9 Å². The SMILES string of the molecule is CC/C=C\C/C=C\C/C=C\C/C=C\CCCCCCCCCCCCCCCCCCC(=O)OCC(COC(=O)CCCCCCC)OC(=O)CCCCCCCC/C=C\C/C=C\C/C=C\C/C=C\CC. The molecule has 0 aliphatic heterocycles. The van der Waals surface area contributed by atoms with Gasteiger partial charge in [-0.25, -0.2) is 0 Å². The molecule has 0 heterocycles. The number of esters is 3. The van der Waals surface area contributed by atoms with Gasteiger partial charge < -0.3 is 14.2 Å². The van der Waals surface area contributed by atoms with Crippen LogP contribution >= 0.6 is 0 Å². The van der Waals surface area contributed by atoms with Crippen LogP contribution in [0.4, 0.5) is 0 Å². The van der Waals surface area contributed by atoms with E-state index in [4.69, 9.17) is 14.2 Å². The molecule has 0 aliphatic carbocycles. The van der Waals surface area contributed by atoms with Gasteiger partial charge in [0.25, 0.3) is 0 Å². The third-order valence-corrected chi connectivity index (χ3v) is 12.6. The van der Waals surface area contributed by atoms with E-state index in [9.17, 15) is 14.4 Å². The lowest BCUT2D eigenvalue weighted by Crippen LogP contribution is -2.30. The molecule has 0 aromatic heterocycles. The average Bonchev–Trinajstić information content (AvgIpc) is 3.37. The monoisotopic (exact) mass is 987 g/mol. The van der Waals surface area contributed by atoms with Crippen LogP contribution in [0.3, 0.4) is 0 Å². The van der Waals surface area contributed by atoms with Crippen molar-refractivity contribution in [2.24, 2.45) is 0 Å². The van der Waals surface area contributed by atoms with E-state index in [1.54, 1.807) is 0 Å². The lowest BCUT2D eigenvalue weighted by atomic mass is 10.0. The van der Waals surface area contributed by atoms with Gasteiger partial charge in [-0.1, -0.05) is 259 Å². The van der Waals surface area contributed by atoms with E-state index in [0.717, 1.165) is 128 Å². The first-order valence-corrected chi connectivity index (χ1v) is 29.7. The molecule has 0 aromatic rings. The van der Waals surface area contributed by atoms with E-state index in [-0.39, 0.29) is 31.1 Å². The molecule has 0 amide bonds. The Morgan fingerprint density at radius 2 is 0.549 bits per heavy atom. The van der Waals surface area contributed by atoms with Crippen molar-refractivity contribution < 1.29 is 28.6 Å². The summed E-state index contributed by atoms with van der Waals surface area (Å²) in [5.41, 5.74) is 0. The smallest absolute Gasteiger partial charge is 0.306 e. The van der Waals surface area contributed by atoms with E-state index in [1.165, 1.54) is 109 Å². The average molecular weight is 988 g/mol. The maximum absolute atomic E-state index is 12.8. The highest BCUT2D eigenvalue weighted by molar-refractivity contribution is 5.71. The quantitative estimate of drug-likeness (QED) is 0.0261. The molecule has 0 aliphatic rings. The molecular weight excluding hydrogens is 877 g/mol. The van der Waals surface area contributed by atoms with Crippen molar-refractivity contribution in [3.05, 3.63) is 97.2 Å². The van der Waals surface area contributed by atoms with Crippen LogP contribution in [0.5, 0.6) is 0 Å². The van der Waals surface area contributed by atoms with Gasteiger partial charge >= 0.3 is 17.9 Å². The fraction of sp³-hybridized carbons (Fsp3) is 0.708. The molecule has 0 rings (SSSR count). The molecule has 0 radical (unpaired) electrons. The van der Waals surface area contributed by atoms with Crippen LogP contribution in [0, 0.1) is 0 Å². The lowest BCUT2D eigenvalue weighted by molar-refractivity contribution is -0.167. The molecule has 0 saturated heterocycles. The summed E-state index contributed by atoms with van der Waals surface area (Å²) in [4.78, 5) is 37.8. The number of ether oxygens (including phenoxy) is 3. The van der Waals surface area contributed by atoms with Crippen LogP contribution in [0.15, 0.2) is 97.2 Å². The van der Waals surface area contributed by atoms with Crippen LogP contribution in [0.2, 0.25) is 0 Å². The molecule has 1 atom stereocenters. The summed E-state index contributed by atoms with van der Waals surface area (Å²) in [6.07, 6.45) is 78.8. The number of carbonyl (C=O) groups is 3. The molecule has 0 bridgehead atoms. The Kier molecular flexibility index (Phi) is 55.9. The molecule has 6 heteroatoms. The first-order chi connectivity index (χ1) is 35.0. The molecule has 0 aromatic carbocycles. The number of hydrogen-bond donors (Lipinski definition) is 0. The van der Waals surface area contributed by atoms with E-state index in [0.29, 0.717) is 19.3 Å². The summed E-state index contributed by atoms with van der Waals surface area (Å²) in [7, 11) is 0. The van der Waals surface area contributed by atoms with Crippen LogP contribution in [-0.2, 0) is 28.6 Å². The number of unbranched alkanes of at least 4 members (excludes halogenated alkanes) is 26. The summed E-state index contributed by atoms with van der Waals surface area (Å²) >= 11 is 0. The predicted octanol–water partition coefficient (Wildman–Crippen LogP) is 20.1. The molecular formula is C65H110O6. The minimum absolute atomic E-state index is 0.0820. The Labute approximate surface area is 438 Å². The van der Waals surface area contributed by atoms with Crippen molar-refractivity contribution in [3.8, 4) is 0 Å². The number of hydrogen-bond acceptors (Lipinski definition) is 6. The first-order valence-electron chi connectivity index (χ1n) is 29.7. The number of rotatable bonds is 53. The molecule has 1 unspecified atom stereocenters. The summed E-state index contributed by atoms with van der Waals surface area (Å²) in [5.74, 6) is -0.905. The van der Waals surface area contributed by atoms with Gasteiger partial charge in [-0.15, -0.1) is 0 Å². The summed E-state index contributed by atoms with van der Waals surface area (Å²) < 4.78 is 16.7. The second-order valence-corrected chi connectivity index (χ2v) is 19.5. The maximum atomic E-state index is 12.8. The first kappa shape index (κ1) is 67.3. The van der Waals surface area contributed by atoms with Gasteiger partial charge in [0.1, 0.15) is 13.2 Å². The topological polar surface area (TPSA) is 78.9 Å². The summed E-state index contributed by atoms with van der Waals surface area (Å²) in [6, 6.07) is 0. The molecule has 71 heavy (non-hydrogen) atoms. The minimum Gasteiger partial charge on any atom is -0.462 e. The van der Waals surface area contributed by atoms with Gasteiger partial charge in [0.15, 0.2) is 6.10 Å². The van der Waals surface area contributed by atoms with Gasteiger partial charge in [0.2, 0.25) is 0 Å². The fourth-order valence-electron chi connectivity index (χ4n) is 8.19. The van der Waals surface area contributed by atoms with Gasteiger partial charge in [-0.05, 0) is 96.3 Å². The number of allylic oxidation sites excluding steroid dienone is 16. The Hall–Kier alpha value is -3.67. The van der Waals surface area contributed by atoms with Crippen molar-refractivity contribution in [3.63, 3.8) is 0 Å². The van der Waals surface area contributed by atoms with Gasteiger partial charge in [0.05, 0.1) is 0 Å². The van der Waals surface area contributed by atoms with Crippen molar-refractivity contribution in [2.75, 3.05) is 13.2 Å². The standard InChI is InChI=1S/C65H110O6/c1-4-7-10-13-15-17-19-21-23-25-27-28-29-30-31-32-33-34-35-36-38-39-41-43-45-47-49-52-55-58-64(67)70-61-62(60-69-63(66)57-54-51-12-9-6-3)71-65(68)59-56-53-50-48-46-44-42-40-37-26-24-22-20-18-16-14-11-8-5-2/h7-8,10-11,15-18,21-24,27-28,37,40,62H,4-6,9,12-14,19-20,25-26,29-36,38-39,41-61H2,1-3H3/b10-7-,11-8-,17-15-,18-16-,23-21-,24-22-,28-27-,40-37-. The second kappa shape index (κ2) is 58.9. The maximum Gasteiger partial charge on any atom is 0.306 e. The summed E-state index contributed by atoms with van der Waals surface area (Å²) in [6.45, 7) is 6.33. The lowest BCUT2D eigenvalue weighted by Gasteiger charge is -2.18. The third kappa shape index (κ3) is 57.1. The zero-order chi connectivity index (χ0) is 51.4. The minimum atomic E-state index is -0.781. The van der Waals surface area contributed by atoms with Gasteiger partial charge in [-0.2, -0.15) is 0 Å². The summed E-state index contributed by atoms with van der Waals surface area (Å²) in [5, 5.41) is 0. The van der Waals surface area contributed by atoms with E-state index in [2.05, 4.69) is 118 Å². The zero-order valence-electron chi connectivity index (χ0n) is 46.5. The van der Waals surface area contributed by atoms with Gasteiger partial charge in [-0.3, -0.25) is 14.4 Å². The van der Waals surface area contributed by atoms with Crippen LogP contribution in [0.1, 0.15) is 278 Å². The van der Waals surface area contributed by atoms with Crippen LogP contribution < -0.4 is 0 Å². The molecule has 0 fully saturated rings. The normalized spacial score (nSPS) is 12.8. The highest BCUT2D eigenvalue weighted by Gasteiger charge is 2.19. The van der Waals surface area contributed by atoms with E-state index < -0.39 is 6.10 Å². The zero-order valence-corrected chi connectivity index (χ0v) is 46.5. The largest absolute Gasteiger partial charge is 0.462 e. The third-order valence-electron chi connectivity index (χ3n) is 12.6. The Morgan fingerprint density at radius 1 is 0.296 bits per heavy atom.